The predicted octanol–water partition coefficient (Wildman–Crippen LogP) is 5.05. The van der Waals surface area contributed by atoms with E-state index in [-0.39, 0.29) is 24.0 Å². The number of hydrogen-bond donors (Lipinski definition) is 2. The number of halogens is 5. The molecule has 2 aromatic heterocycles. The molecule has 0 fully saturated rings. The first-order valence-electron chi connectivity index (χ1n) is 9.09. The molecule has 0 radical (unpaired) electrons. The molecule has 1 aliphatic rings. The molecule has 1 atom stereocenters. The molecule has 1 aliphatic heterocycles. The van der Waals surface area contributed by atoms with E-state index in [1.165, 1.54) is 0 Å². The van der Waals surface area contributed by atoms with E-state index in [0.717, 1.165) is 35.1 Å². The number of alkyl halides is 3. The molecule has 3 heterocycles. The molecule has 0 saturated carbocycles. The highest BCUT2D eigenvalue weighted by molar-refractivity contribution is 6.30. The smallest absolute Gasteiger partial charge is 0.369 e. The number of benzene rings is 1. The van der Waals surface area contributed by atoms with Gasteiger partial charge < -0.3 is 10.6 Å². The van der Waals surface area contributed by atoms with Crippen molar-refractivity contribution in [2.24, 2.45) is 0 Å². The molecule has 1 aromatic carbocycles. The first-order chi connectivity index (χ1) is 14.3. The minimum atomic E-state index is -4.57. The van der Waals surface area contributed by atoms with Crippen molar-refractivity contribution in [3.05, 3.63) is 75.9 Å². The van der Waals surface area contributed by atoms with Crippen LogP contribution in [0, 0.1) is 5.82 Å². The van der Waals surface area contributed by atoms with Crippen LogP contribution >= 0.6 is 11.6 Å². The fraction of sp³-hybridized carbons (Fsp3) is 0.250. The Labute approximate surface area is 174 Å². The largest absolute Gasteiger partial charge is 0.416 e. The lowest BCUT2D eigenvalue weighted by Gasteiger charge is -2.14. The van der Waals surface area contributed by atoms with Gasteiger partial charge in [-0.25, -0.2) is 19.3 Å². The summed E-state index contributed by atoms with van der Waals surface area (Å²) < 4.78 is 52.6. The number of nitrogens with one attached hydrogen (secondary N) is 2. The number of rotatable bonds is 5. The van der Waals surface area contributed by atoms with Crippen LogP contribution < -0.4 is 10.6 Å². The third kappa shape index (κ3) is 4.46. The Kier molecular flexibility index (Phi) is 5.46. The molecule has 10 heteroatoms. The van der Waals surface area contributed by atoms with Crippen LogP contribution in [0.3, 0.4) is 0 Å². The number of pyridine rings is 1. The summed E-state index contributed by atoms with van der Waals surface area (Å²) in [7, 11) is 0. The molecule has 156 valence electrons. The maximum Gasteiger partial charge on any atom is 0.416 e. The molecular formula is C20H16ClF4N5. The van der Waals surface area contributed by atoms with Crippen LogP contribution in [0.25, 0.3) is 0 Å². The van der Waals surface area contributed by atoms with Gasteiger partial charge in [0.1, 0.15) is 11.6 Å². The second kappa shape index (κ2) is 8.06. The van der Waals surface area contributed by atoms with Crippen LogP contribution in [0.4, 0.5) is 29.3 Å². The molecule has 1 unspecified atom stereocenters. The molecule has 0 aliphatic carbocycles. The number of fused-ring (bicyclic) bond motifs is 1. The second-order valence-electron chi connectivity index (χ2n) is 6.94. The lowest BCUT2D eigenvalue weighted by Crippen LogP contribution is -2.13. The molecule has 0 amide bonds. The maximum atomic E-state index is 13.4. The standard InChI is InChI=1S/C20H16ClF4N5/c21-14-5-16-12(8-26-18(16)27-10-14)3-11-6-28-19(29-7-11)30-9-13-4-15(22)1-2-17(13)20(23,24)25/h1-2,4-7,10,12H,3,8-9H2,(H,26,27)(H,28,29,30). The summed E-state index contributed by atoms with van der Waals surface area (Å²) in [6.07, 6.45) is 0.897. The van der Waals surface area contributed by atoms with E-state index >= 15 is 0 Å². The Morgan fingerprint density at radius 1 is 1.10 bits per heavy atom. The molecule has 3 aromatic rings. The number of anilines is 2. The Morgan fingerprint density at radius 3 is 2.60 bits per heavy atom. The van der Waals surface area contributed by atoms with Crippen molar-refractivity contribution < 1.29 is 17.6 Å². The summed E-state index contributed by atoms with van der Waals surface area (Å²) in [6, 6.07) is 4.25. The van der Waals surface area contributed by atoms with E-state index < -0.39 is 17.6 Å². The zero-order chi connectivity index (χ0) is 21.3. The Bertz CT molecular complexity index is 1060. The second-order valence-corrected chi connectivity index (χ2v) is 7.38. The zero-order valence-electron chi connectivity index (χ0n) is 15.5. The molecule has 4 rings (SSSR count). The van der Waals surface area contributed by atoms with Gasteiger partial charge in [0.25, 0.3) is 0 Å². The van der Waals surface area contributed by atoms with Crippen molar-refractivity contribution >= 4 is 23.4 Å². The van der Waals surface area contributed by atoms with Crippen molar-refractivity contribution in [1.29, 1.82) is 0 Å². The van der Waals surface area contributed by atoms with Gasteiger partial charge in [0.15, 0.2) is 0 Å². The van der Waals surface area contributed by atoms with Crippen molar-refractivity contribution in [1.82, 2.24) is 15.0 Å². The van der Waals surface area contributed by atoms with Gasteiger partial charge in [-0.15, -0.1) is 0 Å². The lowest BCUT2D eigenvalue weighted by atomic mass is 9.96. The third-order valence-corrected chi connectivity index (χ3v) is 5.04. The van der Waals surface area contributed by atoms with Crippen LogP contribution in [0.2, 0.25) is 5.02 Å². The topological polar surface area (TPSA) is 62.7 Å². The van der Waals surface area contributed by atoms with E-state index in [2.05, 4.69) is 25.6 Å². The normalized spacial score (nSPS) is 15.6. The Hall–Kier alpha value is -2.94. The van der Waals surface area contributed by atoms with Gasteiger partial charge in [0.2, 0.25) is 5.95 Å². The third-order valence-electron chi connectivity index (χ3n) is 4.84. The summed E-state index contributed by atoms with van der Waals surface area (Å²) in [5.41, 5.74) is 0.776. The highest BCUT2D eigenvalue weighted by atomic mass is 35.5. The SMILES string of the molecule is Fc1ccc(C(F)(F)F)c(CNc2ncc(CC3CNc4ncc(Cl)cc43)cn2)c1. The van der Waals surface area contributed by atoms with Crippen molar-refractivity contribution in [2.75, 3.05) is 17.2 Å². The van der Waals surface area contributed by atoms with Crippen LogP contribution in [0.15, 0.2) is 42.9 Å². The summed E-state index contributed by atoms with van der Waals surface area (Å²) in [6.45, 7) is 0.457. The predicted molar refractivity (Wildman–Crippen MR) is 105 cm³/mol. The first kappa shape index (κ1) is 20.3. The van der Waals surface area contributed by atoms with Crippen molar-refractivity contribution in [3.8, 4) is 0 Å². The van der Waals surface area contributed by atoms with Gasteiger partial charge in [0, 0.05) is 43.2 Å². The van der Waals surface area contributed by atoms with Crippen molar-refractivity contribution in [3.63, 3.8) is 0 Å². The molecule has 30 heavy (non-hydrogen) atoms. The van der Waals surface area contributed by atoms with Crippen LogP contribution in [-0.4, -0.2) is 21.5 Å². The summed E-state index contributed by atoms with van der Waals surface area (Å²) in [4.78, 5) is 12.6. The molecule has 5 nitrogen and oxygen atoms in total. The fourth-order valence-electron chi connectivity index (χ4n) is 3.42. The average Bonchev–Trinajstić information content (AvgIpc) is 3.08. The molecular weight excluding hydrogens is 422 g/mol. The van der Waals surface area contributed by atoms with Gasteiger partial charge in [-0.05, 0) is 41.8 Å². The molecule has 2 N–H and O–H groups in total. The minimum Gasteiger partial charge on any atom is -0.369 e. The van der Waals surface area contributed by atoms with E-state index in [9.17, 15) is 17.6 Å². The van der Waals surface area contributed by atoms with Gasteiger partial charge in [0.05, 0.1) is 10.6 Å². The first-order valence-corrected chi connectivity index (χ1v) is 9.47. The molecule has 0 bridgehead atoms. The van der Waals surface area contributed by atoms with E-state index in [1.807, 2.05) is 6.07 Å². The fourth-order valence-corrected chi connectivity index (χ4v) is 3.59. The highest BCUT2D eigenvalue weighted by Gasteiger charge is 2.33. The van der Waals surface area contributed by atoms with E-state index in [1.54, 1.807) is 18.6 Å². The quantitative estimate of drug-likeness (QED) is 0.547. The van der Waals surface area contributed by atoms with Gasteiger partial charge in [-0.3, -0.25) is 0 Å². The van der Waals surface area contributed by atoms with Crippen molar-refractivity contribution in [2.45, 2.75) is 25.1 Å². The maximum absolute atomic E-state index is 13.4. The Balaban J connectivity index is 1.42. The van der Waals surface area contributed by atoms with Gasteiger partial charge in [-0.2, -0.15) is 13.2 Å². The van der Waals surface area contributed by atoms with Crippen LogP contribution in [0.5, 0.6) is 0 Å². The average molecular weight is 438 g/mol. The summed E-state index contributed by atoms with van der Waals surface area (Å²) in [5, 5.41) is 6.50. The minimum absolute atomic E-state index is 0.158. The molecule has 0 spiro atoms. The monoisotopic (exact) mass is 437 g/mol. The van der Waals surface area contributed by atoms with E-state index in [4.69, 9.17) is 11.6 Å². The van der Waals surface area contributed by atoms with Crippen LogP contribution in [0.1, 0.15) is 28.2 Å². The zero-order valence-corrected chi connectivity index (χ0v) is 16.2. The summed E-state index contributed by atoms with van der Waals surface area (Å²) in [5.74, 6) is 0.385. The van der Waals surface area contributed by atoms with Gasteiger partial charge in [-0.1, -0.05) is 11.6 Å². The molecule has 0 saturated heterocycles. The van der Waals surface area contributed by atoms with Gasteiger partial charge >= 0.3 is 6.18 Å². The van der Waals surface area contributed by atoms with Crippen LogP contribution in [-0.2, 0) is 19.1 Å². The number of nitrogens with zero attached hydrogens (tertiary/aromatic N) is 3. The van der Waals surface area contributed by atoms with E-state index in [0.29, 0.717) is 18.0 Å². The number of hydrogen-bond acceptors (Lipinski definition) is 5. The lowest BCUT2D eigenvalue weighted by molar-refractivity contribution is -0.138. The summed E-state index contributed by atoms with van der Waals surface area (Å²) >= 11 is 6.03. The number of aromatic nitrogens is 3. The highest BCUT2D eigenvalue weighted by Crippen LogP contribution is 2.34. The Morgan fingerprint density at radius 2 is 1.87 bits per heavy atom.